The zero-order chi connectivity index (χ0) is 16.9. The number of piperidine rings is 3. The van der Waals surface area contributed by atoms with Gasteiger partial charge in [0.15, 0.2) is 0 Å². The SMILES string of the molecule is Cl.O=C(Oc1cccc2ccccc12)C1(C2CN3CCC2CC3)CCC1. The molecular weight excluding hydrogens is 346 g/mol. The molecular formula is C22H26ClNO2. The van der Waals surface area contributed by atoms with E-state index in [4.69, 9.17) is 4.74 Å². The molecule has 1 atom stereocenters. The molecule has 26 heavy (non-hydrogen) atoms. The van der Waals surface area contributed by atoms with Crippen LogP contribution >= 0.6 is 12.4 Å². The van der Waals surface area contributed by atoms with E-state index in [9.17, 15) is 4.79 Å². The number of halogens is 1. The third-order valence-electron chi connectivity index (χ3n) is 6.97. The maximum absolute atomic E-state index is 13.3. The maximum atomic E-state index is 13.3. The van der Waals surface area contributed by atoms with E-state index in [0.717, 1.165) is 42.3 Å². The van der Waals surface area contributed by atoms with Crippen molar-refractivity contribution in [3.63, 3.8) is 0 Å². The van der Waals surface area contributed by atoms with Crippen molar-refractivity contribution in [3.8, 4) is 5.75 Å². The first-order valence-electron chi connectivity index (χ1n) is 9.69. The Morgan fingerprint density at radius 1 is 1.04 bits per heavy atom. The summed E-state index contributed by atoms with van der Waals surface area (Å²) in [5.74, 6) is 1.95. The minimum absolute atomic E-state index is 0. The number of rotatable bonds is 3. The van der Waals surface area contributed by atoms with Crippen LogP contribution in [0.5, 0.6) is 5.75 Å². The second kappa shape index (κ2) is 6.86. The van der Waals surface area contributed by atoms with Gasteiger partial charge < -0.3 is 9.64 Å². The summed E-state index contributed by atoms with van der Waals surface area (Å²) in [6, 6.07) is 14.1. The average Bonchev–Trinajstić information content (AvgIpc) is 2.62. The van der Waals surface area contributed by atoms with Crippen LogP contribution in [-0.2, 0) is 4.79 Å². The molecule has 1 saturated carbocycles. The number of hydrogen-bond acceptors (Lipinski definition) is 3. The summed E-state index contributed by atoms with van der Waals surface area (Å²) in [4.78, 5) is 15.8. The van der Waals surface area contributed by atoms with Gasteiger partial charge in [-0.3, -0.25) is 4.79 Å². The molecule has 2 aromatic rings. The standard InChI is InChI=1S/C22H25NO2.ClH/c24-21(25-20-8-3-6-16-5-1-2-7-18(16)20)22(11-4-12-22)19-15-23-13-9-17(19)10-14-23;/h1-3,5-8,17,19H,4,9-15H2;1H. The second-order valence-electron chi connectivity index (χ2n) is 8.12. The van der Waals surface area contributed by atoms with Crippen LogP contribution in [0.3, 0.4) is 0 Å². The van der Waals surface area contributed by atoms with Gasteiger partial charge in [-0.05, 0) is 62.1 Å². The number of esters is 1. The van der Waals surface area contributed by atoms with Gasteiger partial charge in [-0.1, -0.05) is 42.8 Å². The minimum Gasteiger partial charge on any atom is -0.425 e. The molecule has 3 saturated heterocycles. The number of benzene rings is 2. The van der Waals surface area contributed by atoms with Gasteiger partial charge >= 0.3 is 5.97 Å². The van der Waals surface area contributed by atoms with Crippen molar-refractivity contribution in [1.82, 2.24) is 4.90 Å². The molecule has 4 heteroatoms. The van der Waals surface area contributed by atoms with Gasteiger partial charge in [-0.15, -0.1) is 12.4 Å². The number of nitrogens with zero attached hydrogens (tertiary/aromatic N) is 1. The Kier molecular flexibility index (Phi) is 4.70. The lowest BCUT2D eigenvalue weighted by Crippen LogP contribution is -2.58. The Balaban J connectivity index is 0.00000168. The number of carbonyl (C=O) groups excluding carboxylic acids is 1. The topological polar surface area (TPSA) is 29.5 Å². The molecule has 2 aromatic carbocycles. The minimum atomic E-state index is -0.235. The zero-order valence-corrected chi connectivity index (χ0v) is 15.8. The Bertz CT molecular complexity index is 803. The molecule has 4 aliphatic rings. The highest BCUT2D eigenvalue weighted by Gasteiger charge is 2.56. The van der Waals surface area contributed by atoms with Crippen molar-refractivity contribution in [2.75, 3.05) is 19.6 Å². The molecule has 0 aromatic heterocycles. The first-order valence-corrected chi connectivity index (χ1v) is 9.69. The van der Waals surface area contributed by atoms with Crippen molar-refractivity contribution in [2.45, 2.75) is 32.1 Å². The molecule has 3 nitrogen and oxygen atoms in total. The number of fused-ring (bicyclic) bond motifs is 4. The van der Waals surface area contributed by atoms with Gasteiger partial charge in [0.25, 0.3) is 0 Å². The van der Waals surface area contributed by atoms with Gasteiger partial charge in [-0.25, -0.2) is 0 Å². The van der Waals surface area contributed by atoms with E-state index in [-0.39, 0.29) is 23.8 Å². The predicted molar refractivity (Wildman–Crippen MR) is 106 cm³/mol. The molecule has 0 amide bonds. The molecule has 138 valence electrons. The smallest absolute Gasteiger partial charge is 0.317 e. The molecule has 0 N–H and O–H groups in total. The molecule has 0 radical (unpaired) electrons. The lowest BCUT2D eigenvalue weighted by Gasteiger charge is -2.55. The fraction of sp³-hybridized carbons (Fsp3) is 0.500. The van der Waals surface area contributed by atoms with E-state index in [2.05, 4.69) is 17.0 Å². The zero-order valence-electron chi connectivity index (χ0n) is 15.0. The van der Waals surface area contributed by atoms with Crippen molar-refractivity contribution in [2.24, 2.45) is 17.3 Å². The highest BCUT2D eigenvalue weighted by molar-refractivity contribution is 5.91. The maximum Gasteiger partial charge on any atom is 0.317 e. The quantitative estimate of drug-likeness (QED) is 0.579. The van der Waals surface area contributed by atoms with Gasteiger partial charge in [0.1, 0.15) is 5.75 Å². The third kappa shape index (κ3) is 2.73. The van der Waals surface area contributed by atoms with Crippen LogP contribution in [0.2, 0.25) is 0 Å². The Morgan fingerprint density at radius 2 is 1.77 bits per heavy atom. The monoisotopic (exact) mass is 371 g/mol. The van der Waals surface area contributed by atoms with Gasteiger partial charge in [0.05, 0.1) is 5.41 Å². The summed E-state index contributed by atoms with van der Waals surface area (Å²) >= 11 is 0. The van der Waals surface area contributed by atoms with Gasteiger partial charge in [0.2, 0.25) is 0 Å². The summed E-state index contributed by atoms with van der Waals surface area (Å²) < 4.78 is 6.04. The first kappa shape index (κ1) is 17.8. The molecule has 3 aliphatic heterocycles. The van der Waals surface area contributed by atoms with Crippen molar-refractivity contribution in [1.29, 1.82) is 0 Å². The van der Waals surface area contributed by atoms with Crippen molar-refractivity contribution >= 4 is 29.1 Å². The number of carbonyl (C=O) groups is 1. The lowest BCUT2D eigenvalue weighted by atomic mass is 9.55. The Labute approximate surface area is 161 Å². The normalized spacial score (nSPS) is 28.8. The number of ether oxygens (including phenoxy) is 1. The molecule has 3 heterocycles. The van der Waals surface area contributed by atoms with E-state index >= 15 is 0 Å². The van der Waals surface area contributed by atoms with E-state index in [1.165, 1.54) is 25.9 Å². The lowest BCUT2D eigenvalue weighted by molar-refractivity contribution is -0.165. The fourth-order valence-corrected chi connectivity index (χ4v) is 5.36. The van der Waals surface area contributed by atoms with Crippen LogP contribution in [0.1, 0.15) is 32.1 Å². The van der Waals surface area contributed by atoms with E-state index in [0.29, 0.717) is 11.8 Å². The van der Waals surface area contributed by atoms with Crippen LogP contribution in [-0.4, -0.2) is 30.5 Å². The Hall–Kier alpha value is -1.58. The largest absolute Gasteiger partial charge is 0.425 e. The first-order chi connectivity index (χ1) is 12.3. The van der Waals surface area contributed by atoms with E-state index < -0.39 is 0 Å². The highest BCUT2D eigenvalue weighted by Crippen LogP contribution is 2.54. The third-order valence-corrected chi connectivity index (χ3v) is 6.97. The van der Waals surface area contributed by atoms with E-state index in [1.807, 2.05) is 30.3 Å². The van der Waals surface area contributed by atoms with Crippen LogP contribution in [0.25, 0.3) is 10.8 Å². The second-order valence-corrected chi connectivity index (χ2v) is 8.12. The highest BCUT2D eigenvalue weighted by atomic mass is 35.5. The summed E-state index contributed by atoms with van der Waals surface area (Å²) in [6.07, 6.45) is 5.69. The summed E-state index contributed by atoms with van der Waals surface area (Å²) in [6.45, 7) is 3.53. The molecule has 2 bridgehead atoms. The molecule has 6 rings (SSSR count). The average molecular weight is 372 g/mol. The molecule has 1 unspecified atom stereocenters. The van der Waals surface area contributed by atoms with Crippen molar-refractivity contribution in [3.05, 3.63) is 42.5 Å². The summed E-state index contributed by atoms with van der Waals surface area (Å²) in [7, 11) is 0. The van der Waals surface area contributed by atoms with Crippen LogP contribution in [0.15, 0.2) is 42.5 Å². The van der Waals surface area contributed by atoms with Gasteiger partial charge in [-0.2, -0.15) is 0 Å². The molecule has 0 spiro atoms. The van der Waals surface area contributed by atoms with Crippen LogP contribution in [0, 0.1) is 17.3 Å². The van der Waals surface area contributed by atoms with E-state index in [1.54, 1.807) is 0 Å². The fourth-order valence-electron chi connectivity index (χ4n) is 5.36. The molecule has 1 aliphatic carbocycles. The predicted octanol–water partition coefficient (Wildman–Crippen LogP) is 4.68. The number of hydrogen-bond donors (Lipinski definition) is 0. The van der Waals surface area contributed by atoms with Crippen molar-refractivity contribution < 1.29 is 9.53 Å². The Morgan fingerprint density at radius 3 is 2.42 bits per heavy atom. The van der Waals surface area contributed by atoms with Crippen LogP contribution < -0.4 is 4.74 Å². The van der Waals surface area contributed by atoms with Gasteiger partial charge in [0, 0.05) is 11.9 Å². The summed E-state index contributed by atoms with van der Waals surface area (Å²) in [5, 5.41) is 2.15. The summed E-state index contributed by atoms with van der Waals surface area (Å²) in [5.41, 5.74) is -0.235. The molecule has 4 fully saturated rings. The van der Waals surface area contributed by atoms with Crippen LogP contribution in [0.4, 0.5) is 0 Å².